The highest BCUT2D eigenvalue weighted by Crippen LogP contribution is 2.45. The number of rotatable bonds is 5. The molecule has 22 heavy (non-hydrogen) atoms. The largest absolute Gasteiger partial charge is 0.497 e. The first-order valence-electron chi connectivity index (χ1n) is 7.90. The van der Waals surface area contributed by atoms with E-state index in [1.54, 1.807) is 31.4 Å². The molecule has 1 saturated carbocycles. The van der Waals surface area contributed by atoms with E-state index in [1.807, 2.05) is 6.92 Å². The Kier molecular flexibility index (Phi) is 4.36. The van der Waals surface area contributed by atoms with Crippen molar-refractivity contribution in [1.29, 1.82) is 0 Å². The molecule has 3 unspecified atom stereocenters. The van der Waals surface area contributed by atoms with Crippen molar-refractivity contribution in [1.82, 2.24) is 5.32 Å². The number of nitrogens with one attached hydrogen (secondary N) is 1. The van der Waals surface area contributed by atoms with Crippen LogP contribution < -0.4 is 10.1 Å². The molecule has 1 N–H and O–H groups in total. The van der Waals surface area contributed by atoms with Crippen LogP contribution in [-0.2, 0) is 9.47 Å². The van der Waals surface area contributed by atoms with Crippen molar-refractivity contribution in [2.75, 3.05) is 20.3 Å². The Labute approximate surface area is 130 Å². The topological polar surface area (TPSA) is 56.8 Å². The van der Waals surface area contributed by atoms with Crippen molar-refractivity contribution in [2.24, 2.45) is 0 Å². The maximum Gasteiger partial charge on any atom is 0.251 e. The van der Waals surface area contributed by atoms with Gasteiger partial charge in [-0.05, 0) is 50.5 Å². The van der Waals surface area contributed by atoms with Crippen LogP contribution in [0.5, 0.6) is 5.75 Å². The van der Waals surface area contributed by atoms with Crippen LogP contribution in [0.15, 0.2) is 24.3 Å². The van der Waals surface area contributed by atoms with E-state index in [1.165, 1.54) is 0 Å². The Hall–Kier alpha value is -1.59. The lowest BCUT2D eigenvalue weighted by Gasteiger charge is -2.52. The summed E-state index contributed by atoms with van der Waals surface area (Å²) < 4.78 is 16.8. The highest BCUT2D eigenvalue weighted by molar-refractivity contribution is 5.94. The van der Waals surface area contributed by atoms with Gasteiger partial charge in [0.05, 0.1) is 19.3 Å². The molecule has 1 heterocycles. The van der Waals surface area contributed by atoms with Gasteiger partial charge in [0.25, 0.3) is 5.91 Å². The van der Waals surface area contributed by atoms with Crippen LogP contribution in [0.4, 0.5) is 0 Å². The summed E-state index contributed by atoms with van der Waals surface area (Å²) >= 11 is 0. The van der Waals surface area contributed by atoms with Gasteiger partial charge in [0.2, 0.25) is 0 Å². The van der Waals surface area contributed by atoms with E-state index in [9.17, 15) is 4.79 Å². The highest BCUT2D eigenvalue weighted by atomic mass is 16.6. The molecule has 5 nitrogen and oxygen atoms in total. The number of carbonyl (C=O) groups is 1. The predicted molar refractivity (Wildman–Crippen MR) is 82.2 cm³/mol. The monoisotopic (exact) mass is 305 g/mol. The number of benzene rings is 1. The summed E-state index contributed by atoms with van der Waals surface area (Å²) in [7, 11) is 1.61. The molecule has 1 spiro atoms. The van der Waals surface area contributed by atoms with E-state index in [-0.39, 0.29) is 23.7 Å². The molecule has 1 amide bonds. The number of hydrogen-bond donors (Lipinski definition) is 1. The van der Waals surface area contributed by atoms with Gasteiger partial charge in [0, 0.05) is 18.8 Å². The molecule has 2 aliphatic rings. The Morgan fingerprint density at radius 1 is 1.41 bits per heavy atom. The Balaban J connectivity index is 1.66. The molecule has 0 radical (unpaired) electrons. The minimum atomic E-state index is -0.321. The van der Waals surface area contributed by atoms with Gasteiger partial charge >= 0.3 is 0 Å². The lowest BCUT2D eigenvalue weighted by molar-refractivity contribution is -0.194. The molecule has 1 saturated heterocycles. The zero-order chi connectivity index (χ0) is 15.6. The summed E-state index contributed by atoms with van der Waals surface area (Å²) in [6.07, 6.45) is 2.89. The Morgan fingerprint density at radius 2 is 2.18 bits per heavy atom. The smallest absolute Gasteiger partial charge is 0.251 e. The van der Waals surface area contributed by atoms with Crippen LogP contribution in [0.25, 0.3) is 0 Å². The fourth-order valence-electron chi connectivity index (χ4n) is 3.46. The van der Waals surface area contributed by atoms with Gasteiger partial charge in [-0.2, -0.15) is 0 Å². The van der Waals surface area contributed by atoms with Gasteiger partial charge in [-0.1, -0.05) is 0 Å². The van der Waals surface area contributed by atoms with E-state index in [0.29, 0.717) is 12.2 Å². The summed E-state index contributed by atoms with van der Waals surface area (Å²) in [6.45, 7) is 3.42. The van der Waals surface area contributed by atoms with Crippen LogP contribution in [0.2, 0.25) is 0 Å². The maximum absolute atomic E-state index is 12.4. The molecule has 1 aromatic rings. The number of ether oxygens (including phenoxy) is 3. The van der Waals surface area contributed by atoms with Gasteiger partial charge in [0.15, 0.2) is 0 Å². The predicted octanol–water partition coefficient (Wildman–Crippen LogP) is 2.15. The molecule has 3 atom stereocenters. The number of carbonyl (C=O) groups excluding carboxylic acids is 1. The van der Waals surface area contributed by atoms with Gasteiger partial charge < -0.3 is 19.5 Å². The van der Waals surface area contributed by atoms with Gasteiger partial charge in [-0.15, -0.1) is 0 Å². The first kappa shape index (κ1) is 15.3. The minimum absolute atomic E-state index is 0.0288. The average molecular weight is 305 g/mol. The van der Waals surface area contributed by atoms with E-state index >= 15 is 0 Å². The molecule has 2 fully saturated rings. The fourth-order valence-corrected chi connectivity index (χ4v) is 3.46. The lowest BCUT2D eigenvalue weighted by Crippen LogP contribution is -2.69. The zero-order valence-corrected chi connectivity index (χ0v) is 13.1. The average Bonchev–Trinajstić information content (AvgIpc) is 3.06. The van der Waals surface area contributed by atoms with Gasteiger partial charge in [-0.3, -0.25) is 4.79 Å². The molecule has 120 valence electrons. The summed E-state index contributed by atoms with van der Waals surface area (Å²) in [5.74, 6) is 0.671. The second-order valence-corrected chi connectivity index (χ2v) is 5.84. The molecular weight excluding hydrogens is 282 g/mol. The van der Waals surface area contributed by atoms with Crippen molar-refractivity contribution in [3.05, 3.63) is 29.8 Å². The SMILES string of the molecule is CCOC1CC(NC(=O)c2ccc(OC)cc2)C12CCCO2. The van der Waals surface area contributed by atoms with E-state index in [0.717, 1.165) is 31.6 Å². The second kappa shape index (κ2) is 6.26. The van der Waals surface area contributed by atoms with E-state index in [2.05, 4.69) is 5.32 Å². The van der Waals surface area contributed by atoms with E-state index in [4.69, 9.17) is 14.2 Å². The summed E-state index contributed by atoms with van der Waals surface area (Å²) in [6, 6.07) is 7.16. The maximum atomic E-state index is 12.4. The van der Waals surface area contributed by atoms with Crippen LogP contribution in [0.1, 0.15) is 36.5 Å². The van der Waals surface area contributed by atoms with Crippen LogP contribution >= 0.6 is 0 Å². The fraction of sp³-hybridized carbons (Fsp3) is 0.588. The molecule has 5 heteroatoms. The minimum Gasteiger partial charge on any atom is -0.497 e. The molecule has 0 aromatic heterocycles. The Morgan fingerprint density at radius 3 is 2.77 bits per heavy atom. The molecular formula is C17H23NO4. The lowest BCUT2D eigenvalue weighted by atomic mass is 9.70. The molecule has 1 aromatic carbocycles. The molecule has 1 aliphatic carbocycles. The molecule has 0 bridgehead atoms. The van der Waals surface area contributed by atoms with Crippen molar-refractivity contribution >= 4 is 5.91 Å². The van der Waals surface area contributed by atoms with Gasteiger partial charge in [0.1, 0.15) is 11.4 Å². The normalized spacial score (nSPS) is 30.1. The van der Waals surface area contributed by atoms with Crippen LogP contribution in [0.3, 0.4) is 0 Å². The third-order valence-corrected chi connectivity index (χ3v) is 4.69. The van der Waals surface area contributed by atoms with Crippen LogP contribution in [-0.4, -0.2) is 44.0 Å². The Bertz CT molecular complexity index is 522. The number of hydrogen-bond acceptors (Lipinski definition) is 4. The second-order valence-electron chi connectivity index (χ2n) is 5.84. The highest BCUT2D eigenvalue weighted by Gasteiger charge is 2.59. The summed E-state index contributed by atoms with van der Waals surface area (Å²) in [5, 5.41) is 3.11. The number of methoxy groups -OCH3 is 1. The van der Waals surface area contributed by atoms with Crippen molar-refractivity contribution < 1.29 is 19.0 Å². The third kappa shape index (κ3) is 2.59. The molecule has 1 aliphatic heterocycles. The van der Waals surface area contributed by atoms with Crippen LogP contribution in [0, 0.1) is 0 Å². The van der Waals surface area contributed by atoms with Gasteiger partial charge in [-0.25, -0.2) is 0 Å². The standard InChI is InChI=1S/C17H23NO4/c1-3-21-15-11-14(17(15)9-4-10-22-17)18-16(19)12-5-7-13(20-2)8-6-12/h5-8,14-15H,3-4,9-11H2,1-2H3,(H,18,19). The molecule has 3 rings (SSSR count). The summed E-state index contributed by atoms with van der Waals surface area (Å²) in [4.78, 5) is 12.4. The van der Waals surface area contributed by atoms with Crippen molar-refractivity contribution in [3.63, 3.8) is 0 Å². The van der Waals surface area contributed by atoms with Crippen molar-refractivity contribution in [2.45, 2.75) is 43.9 Å². The summed E-state index contributed by atoms with van der Waals surface area (Å²) in [5.41, 5.74) is 0.312. The van der Waals surface area contributed by atoms with E-state index < -0.39 is 0 Å². The third-order valence-electron chi connectivity index (χ3n) is 4.69. The first-order chi connectivity index (χ1) is 10.7. The zero-order valence-electron chi connectivity index (χ0n) is 13.1. The van der Waals surface area contributed by atoms with Crippen molar-refractivity contribution in [3.8, 4) is 5.75 Å². The quantitative estimate of drug-likeness (QED) is 0.905. The first-order valence-corrected chi connectivity index (χ1v) is 7.90. The number of amides is 1.